The number of H-pyrrole nitrogens is 1. The van der Waals surface area contributed by atoms with Crippen molar-refractivity contribution in [1.82, 2.24) is 10.3 Å². The Labute approximate surface area is 204 Å². The Morgan fingerprint density at radius 3 is 2.82 bits per heavy atom. The summed E-state index contributed by atoms with van der Waals surface area (Å²) in [4.78, 5) is 27.2. The molecule has 2 aromatic carbocycles. The highest BCUT2D eigenvalue weighted by atomic mass is 79.9. The van der Waals surface area contributed by atoms with E-state index in [0.717, 1.165) is 16.5 Å². The molecule has 7 nitrogen and oxygen atoms in total. The van der Waals surface area contributed by atoms with E-state index in [0.29, 0.717) is 23.0 Å². The van der Waals surface area contributed by atoms with Gasteiger partial charge in [-0.05, 0) is 64.7 Å². The number of nitrogens with zero attached hydrogens (tertiary/aromatic N) is 1. The lowest BCUT2D eigenvalue weighted by molar-refractivity contribution is -0.145. The van der Waals surface area contributed by atoms with E-state index in [-0.39, 0.29) is 29.6 Å². The fraction of sp³-hybridized carbons (Fsp3) is 0.208. The number of carbonyl (C=O) groups is 2. The maximum atomic E-state index is 12.5. The van der Waals surface area contributed by atoms with Crippen LogP contribution in [0.3, 0.4) is 0 Å². The zero-order valence-electron chi connectivity index (χ0n) is 17.8. The largest absolute Gasteiger partial charge is 0.479 e. The molecule has 0 unspecified atom stereocenters. The summed E-state index contributed by atoms with van der Waals surface area (Å²) < 4.78 is 10.7. The number of benzene rings is 2. The van der Waals surface area contributed by atoms with Crippen LogP contribution in [-0.4, -0.2) is 36.6 Å². The third-order valence-corrected chi connectivity index (χ3v) is 5.56. The number of nitriles is 1. The van der Waals surface area contributed by atoms with E-state index in [1.807, 2.05) is 36.5 Å². The monoisotopic (exact) mass is 529 g/mol. The Morgan fingerprint density at radius 1 is 1.30 bits per heavy atom. The second kappa shape index (κ2) is 11.5. The van der Waals surface area contributed by atoms with Crippen LogP contribution in [0.2, 0.25) is 5.02 Å². The molecule has 33 heavy (non-hydrogen) atoms. The van der Waals surface area contributed by atoms with Crippen molar-refractivity contribution >= 4 is 56.4 Å². The molecule has 3 rings (SSSR count). The molecular formula is C24H21BrClN3O4. The molecule has 2 N–H and O–H groups in total. The second-order valence-corrected chi connectivity index (χ2v) is 8.20. The van der Waals surface area contributed by atoms with Crippen LogP contribution < -0.4 is 10.1 Å². The predicted octanol–water partition coefficient (Wildman–Crippen LogP) is 4.79. The molecule has 0 atom stereocenters. The molecule has 0 aliphatic heterocycles. The summed E-state index contributed by atoms with van der Waals surface area (Å²) in [6, 6.07) is 13.0. The van der Waals surface area contributed by atoms with Crippen molar-refractivity contribution in [2.24, 2.45) is 0 Å². The van der Waals surface area contributed by atoms with Gasteiger partial charge in [0, 0.05) is 23.6 Å². The van der Waals surface area contributed by atoms with E-state index in [1.54, 1.807) is 19.1 Å². The summed E-state index contributed by atoms with van der Waals surface area (Å²) >= 11 is 9.61. The molecule has 0 radical (unpaired) electrons. The Balaban J connectivity index is 1.64. The number of hydrogen-bond acceptors (Lipinski definition) is 5. The highest BCUT2D eigenvalue weighted by Crippen LogP contribution is 2.35. The van der Waals surface area contributed by atoms with Gasteiger partial charge in [-0.25, -0.2) is 4.79 Å². The maximum Gasteiger partial charge on any atom is 0.344 e. The van der Waals surface area contributed by atoms with Gasteiger partial charge < -0.3 is 19.8 Å². The number of rotatable bonds is 9. The lowest BCUT2D eigenvalue weighted by atomic mass is 10.1. The quantitative estimate of drug-likeness (QED) is 0.235. The Hall–Kier alpha value is -3.28. The molecule has 3 aromatic rings. The first-order valence-electron chi connectivity index (χ1n) is 10.1. The first-order valence-corrected chi connectivity index (χ1v) is 11.3. The highest BCUT2D eigenvalue weighted by Gasteiger charge is 2.14. The van der Waals surface area contributed by atoms with E-state index in [2.05, 4.69) is 26.2 Å². The number of nitrogens with one attached hydrogen (secondary N) is 2. The molecular weight excluding hydrogens is 510 g/mol. The maximum absolute atomic E-state index is 12.5. The van der Waals surface area contributed by atoms with Gasteiger partial charge in [0.05, 0.1) is 16.1 Å². The SMILES string of the molecule is CCOC(=O)COc1c(Cl)cc(/C=C(/C#N)C(=O)NCCc2c[nH]c3ccccc23)cc1Br. The Bertz CT molecular complexity index is 1220. The van der Waals surface area contributed by atoms with Crippen LogP contribution in [0.25, 0.3) is 17.0 Å². The zero-order chi connectivity index (χ0) is 23.8. The number of esters is 1. The fourth-order valence-corrected chi connectivity index (χ4v) is 4.18. The molecule has 170 valence electrons. The third kappa shape index (κ3) is 6.37. The van der Waals surface area contributed by atoms with Gasteiger partial charge in [0.2, 0.25) is 0 Å². The molecule has 0 aliphatic rings. The van der Waals surface area contributed by atoms with Gasteiger partial charge in [-0.3, -0.25) is 4.79 Å². The van der Waals surface area contributed by atoms with Gasteiger partial charge in [-0.15, -0.1) is 0 Å². The first-order chi connectivity index (χ1) is 15.9. The highest BCUT2D eigenvalue weighted by molar-refractivity contribution is 9.10. The average molecular weight is 531 g/mol. The smallest absolute Gasteiger partial charge is 0.344 e. The van der Waals surface area contributed by atoms with Crippen molar-refractivity contribution in [1.29, 1.82) is 5.26 Å². The van der Waals surface area contributed by atoms with Crippen molar-refractivity contribution in [3.05, 3.63) is 68.8 Å². The molecule has 0 saturated carbocycles. The van der Waals surface area contributed by atoms with E-state index in [9.17, 15) is 14.9 Å². The van der Waals surface area contributed by atoms with Crippen LogP contribution in [-0.2, 0) is 20.7 Å². The summed E-state index contributed by atoms with van der Waals surface area (Å²) in [5.74, 6) is -0.726. The summed E-state index contributed by atoms with van der Waals surface area (Å²) in [7, 11) is 0. The van der Waals surface area contributed by atoms with Crippen molar-refractivity contribution in [2.45, 2.75) is 13.3 Å². The summed E-state index contributed by atoms with van der Waals surface area (Å²) in [5.41, 5.74) is 2.59. The summed E-state index contributed by atoms with van der Waals surface area (Å²) in [6.07, 6.45) is 3.98. The van der Waals surface area contributed by atoms with Crippen LogP contribution in [0.15, 0.2) is 52.6 Å². The lowest BCUT2D eigenvalue weighted by Gasteiger charge is -2.11. The minimum Gasteiger partial charge on any atom is -0.479 e. The van der Waals surface area contributed by atoms with Crippen LogP contribution in [0.4, 0.5) is 0 Å². The summed E-state index contributed by atoms with van der Waals surface area (Å²) in [5, 5.41) is 13.6. The van der Waals surface area contributed by atoms with Gasteiger partial charge in [0.1, 0.15) is 11.6 Å². The molecule has 1 aromatic heterocycles. The number of para-hydroxylation sites is 1. The minimum atomic E-state index is -0.513. The molecule has 0 saturated heterocycles. The van der Waals surface area contributed by atoms with E-state index in [4.69, 9.17) is 21.1 Å². The number of fused-ring (bicyclic) bond motifs is 1. The number of halogens is 2. The summed E-state index contributed by atoms with van der Waals surface area (Å²) in [6.45, 7) is 2.04. The molecule has 1 amide bonds. The lowest BCUT2D eigenvalue weighted by Crippen LogP contribution is -2.26. The molecule has 0 fully saturated rings. The van der Waals surface area contributed by atoms with E-state index < -0.39 is 11.9 Å². The topological polar surface area (TPSA) is 104 Å². The minimum absolute atomic E-state index is 0.0583. The predicted molar refractivity (Wildman–Crippen MR) is 130 cm³/mol. The molecule has 0 bridgehead atoms. The number of aromatic nitrogens is 1. The third-order valence-electron chi connectivity index (χ3n) is 4.69. The van der Waals surface area contributed by atoms with Gasteiger partial charge >= 0.3 is 5.97 Å². The average Bonchev–Trinajstić information content (AvgIpc) is 3.20. The van der Waals surface area contributed by atoms with Crippen LogP contribution in [0.5, 0.6) is 5.75 Å². The molecule has 0 aliphatic carbocycles. The van der Waals surface area contributed by atoms with Gasteiger partial charge in [0.15, 0.2) is 12.4 Å². The number of carbonyl (C=O) groups excluding carboxylic acids is 2. The van der Waals surface area contributed by atoms with Gasteiger partial charge in [0.25, 0.3) is 5.91 Å². The first kappa shape index (κ1) is 24.4. The van der Waals surface area contributed by atoms with Crippen molar-refractivity contribution in [3.63, 3.8) is 0 Å². The van der Waals surface area contributed by atoms with Gasteiger partial charge in [-0.2, -0.15) is 5.26 Å². The zero-order valence-corrected chi connectivity index (χ0v) is 20.1. The Morgan fingerprint density at radius 2 is 2.09 bits per heavy atom. The van der Waals surface area contributed by atoms with Crippen molar-refractivity contribution in [2.75, 3.05) is 19.8 Å². The van der Waals surface area contributed by atoms with Crippen molar-refractivity contribution < 1.29 is 19.1 Å². The Kier molecular flexibility index (Phi) is 8.52. The van der Waals surface area contributed by atoms with Crippen LogP contribution >= 0.6 is 27.5 Å². The van der Waals surface area contributed by atoms with E-state index >= 15 is 0 Å². The van der Waals surface area contributed by atoms with Crippen molar-refractivity contribution in [3.8, 4) is 11.8 Å². The molecule has 0 spiro atoms. The number of ether oxygens (including phenoxy) is 2. The number of aromatic amines is 1. The molecule has 1 heterocycles. The second-order valence-electron chi connectivity index (χ2n) is 6.94. The molecule has 9 heteroatoms. The normalized spacial score (nSPS) is 11.2. The van der Waals surface area contributed by atoms with Crippen LogP contribution in [0.1, 0.15) is 18.1 Å². The fourth-order valence-electron chi connectivity index (χ4n) is 3.19. The number of amides is 1. The van der Waals surface area contributed by atoms with Gasteiger partial charge in [-0.1, -0.05) is 29.8 Å². The standard InChI is InChI=1S/C24H21BrClN3O4/c1-2-32-22(30)14-33-23-19(25)10-15(11-20(23)26)9-17(12-27)24(31)28-8-7-16-13-29-21-6-4-3-5-18(16)21/h3-6,9-11,13,29H,2,7-8,14H2,1H3,(H,28,31)/b17-9-. The van der Waals surface area contributed by atoms with Crippen LogP contribution in [0, 0.1) is 11.3 Å². The van der Waals surface area contributed by atoms with E-state index in [1.165, 1.54) is 6.08 Å². The number of hydrogen-bond donors (Lipinski definition) is 2.